The fraction of sp³-hybridized carbons (Fsp3) is 0.481. The Hall–Kier alpha value is -2.62. The molecule has 0 aromatic heterocycles. The van der Waals surface area contributed by atoms with Crippen LogP contribution < -0.4 is 10.6 Å². The maximum atomic E-state index is 13.3. The number of carbonyl (C=O) groups excluding carboxylic acids is 2. The van der Waals surface area contributed by atoms with Gasteiger partial charge in [0.05, 0.1) is 11.3 Å². The summed E-state index contributed by atoms with van der Waals surface area (Å²) in [6, 6.07) is 14.9. The zero-order valence-electron chi connectivity index (χ0n) is 18.5. The quantitative estimate of drug-likeness (QED) is 0.668. The number of benzene rings is 2. The van der Waals surface area contributed by atoms with Gasteiger partial charge in [0.1, 0.15) is 0 Å². The first-order valence-electron chi connectivity index (χ1n) is 11.7. The number of aryl methyl sites for hydroxylation is 1. The summed E-state index contributed by atoms with van der Waals surface area (Å²) in [4.78, 5) is 26.0. The Morgan fingerprint density at radius 1 is 0.903 bits per heavy atom. The third-order valence-corrected chi connectivity index (χ3v) is 8.05. The topological polar surface area (TPSA) is 58.2 Å². The van der Waals surface area contributed by atoms with Gasteiger partial charge in [-0.3, -0.25) is 9.59 Å². The van der Waals surface area contributed by atoms with Crippen molar-refractivity contribution in [2.75, 3.05) is 5.32 Å². The highest BCUT2D eigenvalue weighted by atomic mass is 16.2. The van der Waals surface area contributed by atoms with Crippen molar-refractivity contribution in [3.8, 4) is 0 Å². The third kappa shape index (κ3) is 3.88. The van der Waals surface area contributed by atoms with Crippen LogP contribution in [-0.4, -0.2) is 17.9 Å². The number of carbonyl (C=O) groups is 2. The van der Waals surface area contributed by atoms with E-state index in [9.17, 15) is 9.59 Å². The number of anilines is 1. The van der Waals surface area contributed by atoms with Crippen molar-refractivity contribution < 1.29 is 9.59 Å². The Bertz CT molecular complexity index is 977. The van der Waals surface area contributed by atoms with Crippen molar-refractivity contribution in [2.45, 2.75) is 58.4 Å². The predicted molar refractivity (Wildman–Crippen MR) is 123 cm³/mol. The van der Waals surface area contributed by atoms with Crippen LogP contribution in [0.15, 0.2) is 48.5 Å². The van der Waals surface area contributed by atoms with Crippen LogP contribution in [0.2, 0.25) is 0 Å². The van der Waals surface area contributed by atoms with E-state index in [0.717, 1.165) is 23.3 Å². The van der Waals surface area contributed by atoms with Crippen LogP contribution in [0.4, 0.5) is 5.69 Å². The number of amides is 2. The molecule has 4 nitrogen and oxygen atoms in total. The second kappa shape index (κ2) is 7.81. The summed E-state index contributed by atoms with van der Waals surface area (Å²) in [7, 11) is 0. The van der Waals surface area contributed by atoms with Crippen LogP contribution in [0.5, 0.6) is 0 Å². The van der Waals surface area contributed by atoms with Gasteiger partial charge < -0.3 is 10.6 Å². The third-order valence-electron chi connectivity index (χ3n) is 8.05. The molecule has 0 spiro atoms. The molecular weight excluding hydrogens is 384 g/mol. The monoisotopic (exact) mass is 416 g/mol. The maximum absolute atomic E-state index is 13.3. The highest BCUT2D eigenvalue weighted by Gasteiger charge is 2.53. The molecular formula is C27H32N2O2. The molecule has 0 unspecified atom stereocenters. The van der Waals surface area contributed by atoms with Gasteiger partial charge in [-0.2, -0.15) is 0 Å². The lowest BCUT2D eigenvalue weighted by Crippen LogP contribution is -2.55. The molecule has 2 N–H and O–H groups in total. The summed E-state index contributed by atoms with van der Waals surface area (Å²) < 4.78 is 0. The van der Waals surface area contributed by atoms with E-state index in [-0.39, 0.29) is 23.3 Å². The largest absolute Gasteiger partial charge is 0.349 e. The summed E-state index contributed by atoms with van der Waals surface area (Å²) in [5.41, 5.74) is 2.97. The fourth-order valence-corrected chi connectivity index (χ4v) is 6.91. The van der Waals surface area contributed by atoms with E-state index in [4.69, 9.17) is 0 Å². The van der Waals surface area contributed by atoms with Crippen molar-refractivity contribution in [2.24, 2.45) is 23.2 Å². The maximum Gasteiger partial charge on any atom is 0.255 e. The van der Waals surface area contributed by atoms with E-state index < -0.39 is 0 Å². The van der Waals surface area contributed by atoms with E-state index in [1.54, 1.807) is 18.2 Å². The highest BCUT2D eigenvalue weighted by molar-refractivity contribution is 6.09. The fourth-order valence-electron chi connectivity index (χ4n) is 6.91. The zero-order valence-corrected chi connectivity index (χ0v) is 18.5. The summed E-state index contributed by atoms with van der Waals surface area (Å²) in [5.74, 6) is 2.27. The average Bonchev–Trinajstić information content (AvgIpc) is 2.73. The number of para-hydroxylation sites is 1. The van der Waals surface area contributed by atoms with Gasteiger partial charge in [0.25, 0.3) is 11.8 Å². The number of nitrogens with one attached hydrogen (secondary N) is 2. The van der Waals surface area contributed by atoms with Gasteiger partial charge in [-0.1, -0.05) is 29.8 Å². The second-order valence-electron chi connectivity index (χ2n) is 10.3. The predicted octanol–water partition coefficient (Wildman–Crippen LogP) is 5.58. The van der Waals surface area contributed by atoms with Crippen molar-refractivity contribution >= 4 is 17.5 Å². The van der Waals surface area contributed by atoms with E-state index in [0.29, 0.717) is 16.8 Å². The molecule has 0 heterocycles. The van der Waals surface area contributed by atoms with Crippen molar-refractivity contribution in [3.63, 3.8) is 0 Å². The van der Waals surface area contributed by atoms with Gasteiger partial charge in [-0.25, -0.2) is 0 Å². The summed E-state index contributed by atoms with van der Waals surface area (Å²) in [5, 5.41) is 6.27. The first-order valence-corrected chi connectivity index (χ1v) is 11.7. The van der Waals surface area contributed by atoms with Gasteiger partial charge in [-0.05, 0) is 99.8 Å². The normalized spacial score (nSPS) is 29.4. The molecule has 4 aliphatic rings. The summed E-state index contributed by atoms with van der Waals surface area (Å²) in [6.45, 7) is 4.16. The summed E-state index contributed by atoms with van der Waals surface area (Å²) in [6.07, 6.45) is 7.96. The molecule has 2 amide bonds. The number of hydrogen-bond donors (Lipinski definition) is 2. The lowest BCUT2D eigenvalue weighted by atomic mass is 9.48. The molecule has 162 valence electrons. The average molecular weight is 417 g/mol. The molecule has 2 aromatic carbocycles. The van der Waals surface area contributed by atoms with Crippen LogP contribution in [-0.2, 0) is 0 Å². The lowest BCUT2D eigenvalue weighted by Gasteiger charge is -2.59. The Kier molecular flexibility index (Phi) is 5.11. The van der Waals surface area contributed by atoms with Gasteiger partial charge in [-0.15, -0.1) is 0 Å². The van der Waals surface area contributed by atoms with Crippen LogP contribution in [0.3, 0.4) is 0 Å². The molecule has 4 heteroatoms. The number of hydrogen-bond acceptors (Lipinski definition) is 2. The van der Waals surface area contributed by atoms with Gasteiger partial charge in [0.15, 0.2) is 0 Å². The molecule has 4 aliphatic carbocycles. The molecule has 4 saturated carbocycles. The van der Waals surface area contributed by atoms with Crippen molar-refractivity contribution in [1.29, 1.82) is 0 Å². The van der Waals surface area contributed by atoms with Crippen LogP contribution >= 0.6 is 0 Å². The van der Waals surface area contributed by atoms with Crippen LogP contribution in [0, 0.1) is 30.1 Å². The molecule has 1 atom stereocenters. The van der Waals surface area contributed by atoms with E-state index in [1.807, 2.05) is 37.3 Å². The lowest BCUT2D eigenvalue weighted by molar-refractivity contribution is -0.0687. The van der Waals surface area contributed by atoms with Crippen LogP contribution in [0.25, 0.3) is 0 Å². The molecule has 31 heavy (non-hydrogen) atoms. The molecule has 6 rings (SSSR count). The van der Waals surface area contributed by atoms with Gasteiger partial charge >= 0.3 is 0 Å². The minimum Gasteiger partial charge on any atom is -0.349 e. The smallest absolute Gasteiger partial charge is 0.255 e. The number of rotatable bonds is 5. The molecule has 4 fully saturated rings. The highest BCUT2D eigenvalue weighted by Crippen LogP contribution is 2.61. The minimum absolute atomic E-state index is 0.0941. The first-order chi connectivity index (χ1) is 14.9. The SMILES string of the molecule is Cc1cccc(C(=O)Nc2ccccc2C(=O)N[C@@H](C)C23CC4CC(CC(C4)C2)C3)c1. The minimum atomic E-state index is -0.196. The van der Waals surface area contributed by atoms with Gasteiger partial charge in [0, 0.05) is 11.6 Å². The second-order valence-corrected chi connectivity index (χ2v) is 10.3. The molecule has 0 aliphatic heterocycles. The van der Waals surface area contributed by atoms with Gasteiger partial charge in [0.2, 0.25) is 0 Å². The Labute approximate surface area is 184 Å². The molecule has 4 bridgehead atoms. The van der Waals surface area contributed by atoms with E-state index >= 15 is 0 Å². The van der Waals surface area contributed by atoms with E-state index in [2.05, 4.69) is 17.6 Å². The first kappa shape index (κ1) is 20.3. The van der Waals surface area contributed by atoms with Crippen molar-refractivity contribution in [1.82, 2.24) is 5.32 Å². The Morgan fingerprint density at radius 2 is 1.55 bits per heavy atom. The molecule has 2 aromatic rings. The van der Waals surface area contributed by atoms with Crippen molar-refractivity contribution in [3.05, 3.63) is 65.2 Å². The van der Waals surface area contributed by atoms with E-state index in [1.165, 1.54) is 38.5 Å². The molecule has 0 radical (unpaired) electrons. The molecule has 0 saturated heterocycles. The Morgan fingerprint density at radius 3 is 2.19 bits per heavy atom. The zero-order chi connectivity index (χ0) is 21.6. The van der Waals surface area contributed by atoms with Crippen LogP contribution in [0.1, 0.15) is 71.7 Å². The standard InChI is InChI=1S/C27H32N2O2/c1-17-6-5-7-22(10-17)25(30)29-24-9-4-3-8-23(24)26(31)28-18(2)27-14-19-11-20(15-27)13-21(12-19)16-27/h3-10,18-21H,11-16H2,1-2H3,(H,28,31)(H,29,30)/t18-,19?,20?,21?,27?/m0/s1. The summed E-state index contributed by atoms with van der Waals surface area (Å²) >= 11 is 0. The Balaban J connectivity index is 1.32.